The van der Waals surface area contributed by atoms with Gasteiger partial charge in [-0.3, -0.25) is 0 Å². The van der Waals surface area contributed by atoms with Gasteiger partial charge in [0.25, 0.3) is 0 Å². The van der Waals surface area contributed by atoms with Gasteiger partial charge in [-0.15, -0.1) is 0 Å². The van der Waals surface area contributed by atoms with Crippen LogP contribution in [0.25, 0.3) is 0 Å². The van der Waals surface area contributed by atoms with Crippen LogP contribution in [-0.2, 0) is 15.8 Å². The third-order valence-electron chi connectivity index (χ3n) is 3.63. The number of carboxylic acid groups (broad SMARTS) is 1. The van der Waals surface area contributed by atoms with E-state index in [1.807, 2.05) is 0 Å². The minimum absolute atomic E-state index is 0.104. The van der Waals surface area contributed by atoms with E-state index in [4.69, 9.17) is 5.11 Å². The molecule has 1 saturated carbocycles. The molecule has 1 aromatic rings. The molecule has 0 saturated heterocycles. The lowest BCUT2D eigenvalue weighted by Gasteiger charge is -2.25. The maximum absolute atomic E-state index is 11.9. The molecule has 0 radical (unpaired) electrons. The molecule has 0 aromatic heterocycles. The van der Waals surface area contributed by atoms with Crippen LogP contribution < -0.4 is 4.72 Å². The number of benzene rings is 1. The lowest BCUT2D eigenvalue weighted by molar-refractivity contribution is 0.0696. The normalized spacial score (nSPS) is 15.8. The lowest BCUT2D eigenvalue weighted by Crippen LogP contribution is -2.28. The van der Waals surface area contributed by atoms with E-state index in [0.29, 0.717) is 18.0 Å². The predicted octanol–water partition coefficient (Wildman–Crippen LogP) is 1.99. The number of hydrogen-bond acceptors (Lipinski definition) is 3. The molecule has 5 nitrogen and oxygen atoms in total. The first-order chi connectivity index (χ1) is 9.46. The summed E-state index contributed by atoms with van der Waals surface area (Å²) < 4.78 is 26.4. The first-order valence-corrected chi connectivity index (χ1v) is 8.41. The number of rotatable bonds is 7. The van der Waals surface area contributed by atoms with Crippen molar-refractivity contribution < 1.29 is 18.3 Å². The van der Waals surface area contributed by atoms with Gasteiger partial charge in [-0.25, -0.2) is 17.9 Å². The van der Waals surface area contributed by atoms with Crippen LogP contribution in [0.1, 0.15) is 41.6 Å². The minimum atomic E-state index is -3.40. The Morgan fingerprint density at radius 1 is 1.35 bits per heavy atom. The Hall–Kier alpha value is -1.40. The highest BCUT2D eigenvalue weighted by Crippen LogP contribution is 2.28. The molecular weight excluding hydrogens is 278 g/mol. The molecule has 0 unspecified atom stereocenters. The summed E-state index contributed by atoms with van der Waals surface area (Å²) in [6.07, 6.45) is 4.53. The Labute approximate surface area is 119 Å². The average molecular weight is 297 g/mol. The molecule has 0 amide bonds. The maximum atomic E-state index is 11.9. The van der Waals surface area contributed by atoms with Crippen LogP contribution in [-0.4, -0.2) is 26.0 Å². The van der Waals surface area contributed by atoms with Crippen LogP contribution >= 0.6 is 0 Å². The number of carbonyl (C=O) groups is 1. The third kappa shape index (κ3) is 4.31. The van der Waals surface area contributed by atoms with Gasteiger partial charge in [0.1, 0.15) is 0 Å². The van der Waals surface area contributed by atoms with E-state index in [2.05, 4.69) is 4.72 Å². The minimum Gasteiger partial charge on any atom is -0.478 e. The lowest BCUT2D eigenvalue weighted by atomic mass is 9.83. The first-order valence-electron chi connectivity index (χ1n) is 6.76. The largest absolute Gasteiger partial charge is 0.478 e. The van der Waals surface area contributed by atoms with Crippen LogP contribution in [0, 0.1) is 5.92 Å². The van der Waals surface area contributed by atoms with Crippen molar-refractivity contribution in [3.63, 3.8) is 0 Å². The van der Waals surface area contributed by atoms with E-state index in [0.717, 1.165) is 6.42 Å². The smallest absolute Gasteiger partial charge is 0.335 e. The van der Waals surface area contributed by atoms with Crippen molar-refractivity contribution in [1.82, 2.24) is 4.72 Å². The van der Waals surface area contributed by atoms with E-state index >= 15 is 0 Å². The molecule has 0 spiro atoms. The van der Waals surface area contributed by atoms with Gasteiger partial charge in [0.15, 0.2) is 0 Å². The molecule has 20 heavy (non-hydrogen) atoms. The van der Waals surface area contributed by atoms with Crippen LogP contribution in [0.15, 0.2) is 24.3 Å². The number of aromatic carboxylic acids is 1. The molecule has 0 aliphatic heterocycles. The Morgan fingerprint density at radius 3 is 2.70 bits per heavy atom. The summed E-state index contributed by atoms with van der Waals surface area (Å²) >= 11 is 0. The fraction of sp³-hybridized carbons (Fsp3) is 0.500. The van der Waals surface area contributed by atoms with Crippen LogP contribution in [0.2, 0.25) is 0 Å². The van der Waals surface area contributed by atoms with Gasteiger partial charge in [0.05, 0.1) is 11.3 Å². The molecule has 0 atom stereocenters. The Kier molecular flexibility index (Phi) is 4.77. The van der Waals surface area contributed by atoms with E-state index in [1.165, 1.54) is 31.4 Å². The van der Waals surface area contributed by atoms with Gasteiger partial charge in [0.2, 0.25) is 10.0 Å². The summed E-state index contributed by atoms with van der Waals surface area (Å²) in [5, 5.41) is 8.88. The van der Waals surface area contributed by atoms with Gasteiger partial charge >= 0.3 is 5.97 Å². The van der Waals surface area contributed by atoms with E-state index < -0.39 is 16.0 Å². The summed E-state index contributed by atoms with van der Waals surface area (Å²) in [5.41, 5.74) is 0.591. The predicted molar refractivity (Wildman–Crippen MR) is 76.0 cm³/mol. The molecule has 0 bridgehead atoms. The van der Waals surface area contributed by atoms with Crippen LogP contribution in [0.5, 0.6) is 0 Å². The van der Waals surface area contributed by atoms with Crippen LogP contribution in [0.3, 0.4) is 0 Å². The molecule has 110 valence electrons. The second-order valence-electron chi connectivity index (χ2n) is 5.24. The molecule has 6 heteroatoms. The molecule has 1 aliphatic carbocycles. The highest BCUT2D eigenvalue weighted by molar-refractivity contribution is 7.88. The molecule has 0 heterocycles. The van der Waals surface area contributed by atoms with Crippen molar-refractivity contribution in [1.29, 1.82) is 0 Å². The van der Waals surface area contributed by atoms with Gasteiger partial charge in [-0.2, -0.15) is 0 Å². The monoisotopic (exact) mass is 297 g/mol. The number of nitrogens with one attached hydrogen (secondary N) is 1. The highest BCUT2D eigenvalue weighted by Gasteiger charge is 2.18. The second kappa shape index (κ2) is 6.37. The van der Waals surface area contributed by atoms with Crippen molar-refractivity contribution >= 4 is 16.0 Å². The van der Waals surface area contributed by atoms with Gasteiger partial charge in [-0.1, -0.05) is 31.4 Å². The van der Waals surface area contributed by atoms with Crippen molar-refractivity contribution in [3.05, 3.63) is 35.4 Å². The van der Waals surface area contributed by atoms with Gasteiger partial charge in [-0.05, 0) is 30.0 Å². The van der Waals surface area contributed by atoms with Crippen molar-refractivity contribution in [2.75, 3.05) is 6.54 Å². The summed E-state index contributed by atoms with van der Waals surface area (Å²) in [6.45, 7) is 0.464. The van der Waals surface area contributed by atoms with Crippen molar-refractivity contribution in [2.24, 2.45) is 5.92 Å². The molecular formula is C14H19NO4S. The zero-order valence-electron chi connectivity index (χ0n) is 11.2. The zero-order chi connectivity index (χ0) is 14.6. The van der Waals surface area contributed by atoms with Crippen molar-refractivity contribution in [3.8, 4) is 0 Å². The molecule has 2 N–H and O–H groups in total. The quantitative estimate of drug-likeness (QED) is 0.806. The summed E-state index contributed by atoms with van der Waals surface area (Å²) in [6, 6.07) is 6.02. The van der Waals surface area contributed by atoms with Gasteiger partial charge in [0, 0.05) is 6.54 Å². The number of carboxylic acids is 1. The van der Waals surface area contributed by atoms with E-state index in [-0.39, 0.29) is 11.3 Å². The van der Waals surface area contributed by atoms with Gasteiger partial charge < -0.3 is 5.11 Å². The fourth-order valence-corrected chi connectivity index (χ4v) is 3.41. The molecule has 1 aliphatic rings. The first kappa shape index (κ1) is 15.0. The second-order valence-corrected chi connectivity index (χ2v) is 7.05. The molecule has 1 fully saturated rings. The Morgan fingerprint density at radius 2 is 2.10 bits per heavy atom. The Balaban J connectivity index is 1.89. The SMILES string of the molecule is O=C(O)c1cccc(CS(=O)(=O)NCCC2CCC2)c1. The maximum Gasteiger partial charge on any atom is 0.335 e. The third-order valence-corrected chi connectivity index (χ3v) is 4.99. The Bertz CT molecular complexity index is 579. The fourth-order valence-electron chi connectivity index (χ4n) is 2.26. The summed E-state index contributed by atoms with van der Waals surface area (Å²) in [4.78, 5) is 10.8. The average Bonchev–Trinajstić information content (AvgIpc) is 2.32. The van der Waals surface area contributed by atoms with E-state index in [9.17, 15) is 13.2 Å². The zero-order valence-corrected chi connectivity index (χ0v) is 12.0. The standard InChI is InChI=1S/C14H19NO4S/c16-14(17)13-6-2-5-12(9-13)10-20(18,19)15-8-7-11-3-1-4-11/h2,5-6,9,11,15H,1,3-4,7-8,10H2,(H,16,17). The van der Waals surface area contributed by atoms with Crippen molar-refractivity contribution in [2.45, 2.75) is 31.4 Å². The molecule has 1 aromatic carbocycles. The topological polar surface area (TPSA) is 83.5 Å². The number of hydrogen-bond donors (Lipinski definition) is 2. The van der Waals surface area contributed by atoms with E-state index in [1.54, 1.807) is 12.1 Å². The highest BCUT2D eigenvalue weighted by atomic mass is 32.2. The summed E-state index contributed by atoms with van der Waals surface area (Å²) in [7, 11) is -3.40. The molecule has 2 rings (SSSR count). The van der Waals surface area contributed by atoms with Crippen LogP contribution in [0.4, 0.5) is 0 Å². The summed E-state index contributed by atoms with van der Waals surface area (Å²) in [5.74, 6) is -0.575. The number of sulfonamides is 1.